The van der Waals surface area contributed by atoms with Crippen LogP contribution in [0.1, 0.15) is 31.2 Å². The fraction of sp³-hybridized carbons (Fsp3) is 0.286. The number of thiazole rings is 2. The first-order chi connectivity index (χ1) is 11.2. The van der Waals surface area contributed by atoms with Crippen molar-refractivity contribution >= 4 is 22.7 Å². The molecule has 0 aliphatic carbocycles. The molecule has 3 aromatic heterocycles. The first kappa shape index (κ1) is 16.8. The molecule has 0 saturated heterocycles. The Labute approximate surface area is 142 Å². The summed E-state index contributed by atoms with van der Waals surface area (Å²) in [5.41, 5.74) is -0.298. The maximum Gasteiger partial charge on any atom is 0.434 e. The van der Waals surface area contributed by atoms with E-state index in [1.807, 2.05) is 19.2 Å². The number of halogens is 3. The molecule has 3 heterocycles. The van der Waals surface area contributed by atoms with Crippen LogP contribution >= 0.6 is 22.7 Å². The molecule has 1 N–H and O–H groups in total. The SMILES string of the molecule is CC(C)c1csc(-c2cc(=O)[nH]c(-c3nc(C(F)(F)F)cs3)n2)n1. The van der Waals surface area contributed by atoms with Gasteiger partial charge in [-0.2, -0.15) is 13.2 Å². The second-order valence-electron chi connectivity index (χ2n) is 5.25. The van der Waals surface area contributed by atoms with E-state index in [-0.39, 0.29) is 16.7 Å². The molecule has 0 fully saturated rings. The Morgan fingerprint density at radius 1 is 1.08 bits per heavy atom. The van der Waals surface area contributed by atoms with E-state index in [9.17, 15) is 18.0 Å². The Hall–Kier alpha value is -2.07. The molecule has 0 amide bonds. The Kier molecular flexibility index (Phi) is 4.26. The highest BCUT2D eigenvalue weighted by Gasteiger charge is 2.34. The van der Waals surface area contributed by atoms with Gasteiger partial charge in [-0.05, 0) is 5.92 Å². The summed E-state index contributed by atoms with van der Waals surface area (Å²) >= 11 is 2.10. The van der Waals surface area contributed by atoms with Crippen molar-refractivity contribution < 1.29 is 13.2 Å². The molecule has 0 aliphatic heterocycles. The third kappa shape index (κ3) is 3.39. The highest BCUT2D eigenvalue weighted by molar-refractivity contribution is 7.13. The predicted molar refractivity (Wildman–Crippen MR) is 86.2 cm³/mol. The van der Waals surface area contributed by atoms with E-state index < -0.39 is 17.4 Å². The number of H-pyrrole nitrogens is 1. The van der Waals surface area contributed by atoms with Crippen LogP contribution in [0.15, 0.2) is 21.6 Å². The zero-order valence-corrected chi connectivity index (χ0v) is 14.1. The smallest absolute Gasteiger partial charge is 0.304 e. The van der Waals surface area contributed by atoms with E-state index in [2.05, 4.69) is 19.9 Å². The van der Waals surface area contributed by atoms with Crippen molar-refractivity contribution in [1.82, 2.24) is 19.9 Å². The Balaban J connectivity index is 2.03. The van der Waals surface area contributed by atoms with Crippen molar-refractivity contribution in [1.29, 1.82) is 0 Å². The van der Waals surface area contributed by atoms with Crippen molar-refractivity contribution in [2.45, 2.75) is 25.9 Å². The summed E-state index contributed by atoms with van der Waals surface area (Å²) < 4.78 is 38.0. The van der Waals surface area contributed by atoms with Crippen LogP contribution in [0.3, 0.4) is 0 Å². The van der Waals surface area contributed by atoms with Gasteiger partial charge in [0.2, 0.25) is 0 Å². The normalized spacial score (nSPS) is 12.1. The number of alkyl halides is 3. The fourth-order valence-electron chi connectivity index (χ4n) is 1.85. The number of aromatic amines is 1. The fourth-order valence-corrected chi connectivity index (χ4v) is 3.56. The second-order valence-corrected chi connectivity index (χ2v) is 6.96. The number of nitrogens with zero attached hydrogens (tertiary/aromatic N) is 3. The molecule has 0 saturated carbocycles. The summed E-state index contributed by atoms with van der Waals surface area (Å²) in [6.45, 7) is 3.98. The van der Waals surface area contributed by atoms with Crippen molar-refractivity contribution in [3.8, 4) is 21.5 Å². The van der Waals surface area contributed by atoms with E-state index in [1.54, 1.807) is 0 Å². The number of rotatable bonds is 3. The average Bonchev–Trinajstić information content (AvgIpc) is 3.16. The van der Waals surface area contributed by atoms with Crippen LogP contribution in [0, 0.1) is 0 Å². The summed E-state index contributed by atoms with van der Waals surface area (Å²) in [7, 11) is 0. The van der Waals surface area contributed by atoms with Gasteiger partial charge in [0.1, 0.15) is 10.7 Å². The van der Waals surface area contributed by atoms with Crippen molar-refractivity contribution in [2.24, 2.45) is 0 Å². The number of hydrogen-bond acceptors (Lipinski definition) is 6. The van der Waals surface area contributed by atoms with E-state index in [0.29, 0.717) is 10.7 Å². The molecule has 0 atom stereocenters. The van der Waals surface area contributed by atoms with Crippen LogP contribution in [0.4, 0.5) is 13.2 Å². The highest BCUT2D eigenvalue weighted by Crippen LogP contribution is 2.33. The summed E-state index contributed by atoms with van der Waals surface area (Å²) in [5, 5.41) is 3.30. The lowest BCUT2D eigenvalue weighted by Gasteiger charge is -2.01. The lowest BCUT2D eigenvalue weighted by atomic mass is 10.2. The van der Waals surface area contributed by atoms with Crippen molar-refractivity contribution in [3.63, 3.8) is 0 Å². The maximum atomic E-state index is 12.7. The molecule has 10 heteroatoms. The van der Waals surface area contributed by atoms with E-state index in [0.717, 1.165) is 22.4 Å². The number of aromatic nitrogens is 4. The van der Waals surface area contributed by atoms with E-state index >= 15 is 0 Å². The van der Waals surface area contributed by atoms with Gasteiger partial charge in [-0.1, -0.05) is 13.8 Å². The summed E-state index contributed by atoms with van der Waals surface area (Å²) in [4.78, 5) is 26.4. The molecule has 3 rings (SSSR count). The van der Waals surface area contributed by atoms with Crippen LogP contribution in [0.2, 0.25) is 0 Å². The van der Waals surface area contributed by atoms with E-state index in [1.165, 1.54) is 17.4 Å². The third-order valence-corrected chi connectivity index (χ3v) is 4.80. The summed E-state index contributed by atoms with van der Waals surface area (Å²) in [6.07, 6.45) is -4.53. The molecule has 24 heavy (non-hydrogen) atoms. The minimum absolute atomic E-state index is 0.000651. The first-order valence-corrected chi connectivity index (χ1v) is 8.60. The zero-order chi connectivity index (χ0) is 17.5. The molecule has 0 bridgehead atoms. The lowest BCUT2D eigenvalue weighted by Crippen LogP contribution is -2.09. The van der Waals surface area contributed by atoms with Crippen LogP contribution in [0.5, 0.6) is 0 Å². The molecular formula is C14H11F3N4OS2. The van der Waals surface area contributed by atoms with Crippen LogP contribution in [-0.4, -0.2) is 19.9 Å². The summed E-state index contributed by atoms with van der Waals surface area (Å²) in [6, 6.07) is 1.27. The van der Waals surface area contributed by atoms with Gasteiger partial charge in [-0.15, -0.1) is 22.7 Å². The van der Waals surface area contributed by atoms with Crippen LogP contribution in [-0.2, 0) is 6.18 Å². The highest BCUT2D eigenvalue weighted by atomic mass is 32.1. The van der Waals surface area contributed by atoms with Crippen LogP contribution in [0.25, 0.3) is 21.5 Å². The largest absolute Gasteiger partial charge is 0.434 e. The molecule has 0 aromatic carbocycles. The first-order valence-electron chi connectivity index (χ1n) is 6.84. The van der Waals surface area contributed by atoms with Gasteiger partial charge in [0.25, 0.3) is 5.56 Å². The average molecular weight is 372 g/mol. The molecule has 5 nitrogen and oxygen atoms in total. The van der Waals surface area contributed by atoms with Crippen molar-refractivity contribution in [2.75, 3.05) is 0 Å². The molecule has 126 valence electrons. The molecule has 0 spiro atoms. The molecule has 3 aromatic rings. The lowest BCUT2D eigenvalue weighted by molar-refractivity contribution is -0.140. The van der Waals surface area contributed by atoms with Gasteiger partial charge in [0.05, 0.1) is 5.69 Å². The Bertz CT molecular complexity index is 926. The van der Waals surface area contributed by atoms with Gasteiger partial charge in [-0.25, -0.2) is 15.0 Å². The predicted octanol–water partition coefficient (Wildman–Crippen LogP) is 4.16. The van der Waals surface area contributed by atoms with Gasteiger partial charge in [0, 0.05) is 16.8 Å². The molecule has 0 radical (unpaired) electrons. The molecule has 0 unspecified atom stereocenters. The van der Waals surface area contributed by atoms with Crippen molar-refractivity contribution in [3.05, 3.63) is 38.6 Å². The third-order valence-electron chi connectivity index (χ3n) is 3.07. The Morgan fingerprint density at radius 2 is 1.79 bits per heavy atom. The topological polar surface area (TPSA) is 71.5 Å². The zero-order valence-electron chi connectivity index (χ0n) is 12.5. The monoisotopic (exact) mass is 372 g/mol. The molecule has 0 aliphatic rings. The quantitative estimate of drug-likeness (QED) is 0.749. The van der Waals surface area contributed by atoms with E-state index in [4.69, 9.17) is 0 Å². The maximum absolute atomic E-state index is 12.7. The number of nitrogens with one attached hydrogen (secondary N) is 1. The van der Waals surface area contributed by atoms with Gasteiger partial charge in [-0.3, -0.25) is 4.79 Å². The molecular weight excluding hydrogens is 361 g/mol. The van der Waals surface area contributed by atoms with Gasteiger partial charge >= 0.3 is 6.18 Å². The Morgan fingerprint density at radius 3 is 2.38 bits per heavy atom. The van der Waals surface area contributed by atoms with Gasteiger partial charge < -0.3 is 4.98 Å². The standard InChI is InChI=1S/C14H11F3N4OS2/c1-6(2)8-4-23-12(19-8)7-3-10(22)21-11(18-7)13-20-9(5-24-13)14(15,16)17/h3-6H,1-2H3,(H,18,21,22). The summed E-state index contributed by atoms with van der Waals surface area (Å²) in [5.74, 6) is 0.226. The van der Waals surface area contributed by atoms with Gasteiger partial charge in [0.15, 0.2) is 16.5 Å². The minimum atomic E-state index is -4.53. The number of hydrogen-bond donors (Lipinski definition) is 1. The van der Waals surface area contributed by atoms with Crippen LogP contribution < -0.4 is 5.56 Å². The second kappa shape index (κ2) is 6.10. The minimum Gasteiger partial charge on any atom is -0.304 e.